The lowest BCUT2D eigenvalue weighted by molar-refractivity contribution is 0.687. The number of benzene rings is 2. The van der Waals surface area contributed by atoms with Crippen LogP contribution in [-0.2, 0) is 18.4 Å². The minimum atomic E-state index is -0.513. The first kappa shape index (κ1) is 22.4. The second-order valence-electron chi connectivity index (χ2n) is 8.59. The molecule has 0 aliphatic carbocycles. The molecule has 2 aromatic carbocycles. The van der Waals surface area contributed by atoms with E-state index >= 15 is 0 Å². The van der Waals surface area contributed by atoms with Gasteiger partial charge >= 0.3 is 0 Å². The minimum Gasteiger partial charge on any atom is -0.370 e. The Morgan fingerprint density at radius 3 is 2.55 bits per heavy atom. The Kier molecular flexibility index (Phi) is 6.62. The molecule has 4 aromatic rings. The molecule has 4 rings (SSSR count). The summed E-state index contributed by atoms with van der Waals surface area (Å²) < 4.78 is 0. The number of fused-ring (bicyclic) bond motifs is 1. The van der Waals surface area contributed by atoms with Gasteiger partial charge in [-0.3, -0.25) is 4.98 Å². The number of hydrogen-bond acceptors (Lipinski definition) is 6. The zero-order valence-electron chi connectivity index (χ0n) is 19.3. The summed E-state index contributed by atoms with van der Waals surface area (Å²) in [6, 6.07) is 20.7. The number of nitrogens with zero attached hydrogens (tertiary/aromatic N) is 4. The van der Waals surface area contributed by atoms with E-state index in [0.717, 1.165) is 47.7 Å². The summed E-state index contributed by atoms with van der Waals surface area (Å²) in [5.41, 5.74) is 5.83. The standard InChI is InChI=1S/C27H28N6/c1-27(2,17-28)22-9-7-19(8-10-22)24-15-25(33-18-32-24)30-13-11-20-5-4-6-23-21(16-29-3)12-14-31-26(20)23/h4-10,12,14-15,18,29H,11,13,16H2,1-3H3,(H,30,32,33). The first-order valence-corrected chi connectivity index (χ1v) is 11.1. The number of pyridine rings is 1. The van der Waals surface area contributed by atoms with Gasteiger partial charge in [0, 0.05) is 36.3 Å². The quantitative estimate of drug-likeness (QED) is 0.410. The maximum absolute atomic E-state index is 9.35. The second-order valence-corrected chi connectivity index (χ2v) is 8.59. The van der Waals surface area contributed by atoms with Crippen LogP contribution in [0.2, 0.25) is 0 Å². The molecular weight excluding hydrogens is 408 g/mol. The van der Waals surface area contributed by atoms with Gasteiger partial charge in [0.2, 0.25) is 0 Å². The molecule has 0 aliphatic heterocycles. The van der Waals surface area contributed by atoms with E-state index < -0.39 is 5.41 Å². The highest BCUT2D eigenvalue weighted by Crippen LogP contribution is 2.26. The van der Waals surface area contributed by atoms with Crippen LogP contribution in [0.25, 0.3) is 22.2 Å². The molecule has 0 aliphatic rings. The molecule has 6 nitrogen and oxygen atoms in total. The van der Waals surface area contributed by atoms with E-state index in [4.69, 9.17) is 0 Å². The van der Waals surface area contributed by atoms with Crippen molar-refractivity contribution in [2.45, 2.75) is 32.2 Å². The summed E-state index contributed by atoms with van der Waals surface area (Å²) in [5.74, 6) is 0.783. The second kappa shape index (κ2) is 9.76. The van der Waals surface area contributed by atoms with E-state index in [1.54, 1.807) is 6.33 Å². The van der Waals surface area contributed by atoms with Crippen LogP contribution in [0.5, 0.6) is 0 Å². The van der Waals surface area contributed by atoms with Crippen LogP contribution in [0.3, 0.4) is 0 Å². The molecule has 0 amide bonds. The summed E-state index contributed by atoms with van der Waals surface area (Å²) >= 11 is 0. The molecule has 0 spiro atoms. The van der Waals surface area contributed by atoms with Crippen LogP contribution in [-0.4, -0.2) is 28.5 Å². The van der Waals surface area contributed by atoms with Crippen molar-refractivity contribution in [3.8, 4) is 17.3 Å². The van der Waals surface area contributed by atoms with Gasteiger partial charge in [0.15, 0.2) is 0 Å². The van der Waals surface area contributed by atoms with Crippen molar-refractivity contribution in [1.82, 2.24) is 20.3 Å². The van der Waals surface area contributed by atoms with Gasteiger partial charge in [-0.05, 0) is 50.1 Å². The van der Waals surface area contributed by atoms with E-state index in [1.807, 2.05) is 57.4 Å². The highest BCUT2D eigenvalue weighted by molar-refractivity contribution is 5.85. The Balaban J connectivity index is 1.46. The zero-order chi connectivity index (χ0) is 23.3. The number of nitriles is 1. The lowest BCUT2D eigenvalue weighted by Crippen LogP contribution is -2.13. The van der Waals surface area contributed by atoms with Gasteiger partial charge in [0.25, 0.3) is 0 Å². The van der Waals surface area contributed by atoms with Gasteiger partial charge < -0.3 is 10.6 Å². The van der Waals surface area contributed by atoms with Crippen molar-refractivity contribution >= 4 is 16.7 Å². The van der Waals surface area contributed by atoms with E-state index in [-0.39, 0.29) is 0 Å². The molecule has 6 heteroatoms. The number of aromatic nitrogens is 3. The first-order chi connectivity index (χ1) is 16.0. The van der Waals surface area contributed by atoms with Crippen LogP contribution in [0, 0.1) is 11.3 Å². The molecule has 2 aromatic heterocycles. The average Bonchev–Trinajstić information content (AvgIpc) is 2.85. The highest BCUT2D eigenvalue weighted by Gasteiger charge is 2.19. The minimum absolute atomic E-state index is 0.513. The third-order valence-electron chi connectivity index (χ3n) is 5.86. The van der Waals surface area contributed by atoms with Gasteiger partial charge in [0.1, 0.15) is 12.1 Å². The summed E-state index contributed by atoms with van der Waals surface area (Å²) in [6.07, 6.45) is 4.30. The van der Waals surface area contributed by atoms with Gasteiger partial charge in [-0.25, -0.2) is 9.97 Å². The van der Waals surface area contributed by atoms with Gasteiger partial charge in [-0.1, -0.05) is 42.5 Å². The molecule has 0 radical (unpaired) electrons. The molecule has 33 heavy (non-hydrogen) atoms. The number of nitrogens with one attached hydrogen (secondary N) is 2. The third-order valence-corrected chi connectivity index (χ3v) is 5.86. The van der Waals surface area contributed by atoms with Crippen LogP contribution in [0.15, 0.2) is 67.1 Å². The molecule has 0 saturated carbocycles. The maximum atomic E-state index is 9.35. The summed E-state index contributed by atoms with van der Waals surface area (Å²) in [4.78, 5) is 13.4. The zero-order valence-corrected chi connectivity index (χ0v) is 19.3. The average molecular weight is 437 g/mol. The van der Waals surface area contributed by atoms with E-state index in [2.05, 4.69) is 55.9 Å². The van der Waals surface area contributed by atoms with E-state index in [0.29, 0.717) is 0 Å². The summed E-state index contributed by atoms with van der Waals surface area (Å²) in [6.45, 7) is 5.39. The Labute approximate surface area is 194 Å². The number of hydrogen-bond donors (Lipinski definition) is 2. The first-order valence-electron chi connectivity index (χ1n) is 11.1. The molecule has 0 unspecified atom stereocenters. The predicted octanol–water partition coefficient (Wildman–Crippen LogP) is 4.87. The molecule has 0 atom stereocenters. The lowest BCUT2D eigenvalue weighted by Gasteiger charge is -2.16. The molecule has 0 fully saturated rings. The number of rotatable bonds is 8. The van der Waals surface area contributed by atoms with Crippen LogP contribution in [0.4, 0.5) is 5.82 Å². The lowest BCUT2D eigenvalue weighted by atomic mass is 9.86. The van der Waals surface area contributed by atoms with Crippen LogP contribution < -0.4 is 10.6 Å². The molecule has 0 saturated heterocycles. The van der Waals surface area contributed by atoms with Crippen molar-refractivity contribution in [2.75, 3.05) is 18.9 Å². The van der Waals surface area contributed by atoms with E-state index in [9.17, 15) is 5.26 Å². The van der Waals surface area contributed by atoms with E-state index in [1.165, 1.54) is 16.5 Å². The Morgan fingerprint density at radius 1 is 0.970 bits per heavy atom. The van der Waals surface area contributed by atoms with Crippen LogP contribution in [0.1, 0.15) is 30.5 Å². The molecular formula is C27H28N6. The smallest absolute Gasteiger partial charge is 0.129 e. The molecule has 2 N–H and O–H groups in total. The fraction of sp³-hybridized carbons (Fsp3) is 0.259. The highest BCUT2D eigenvalue weighted by atomic mass is 15.0. The van der Waals surface area contributed by atoms with Gasteiger partial charge in [0.05, 0.1) is 22.7 Å². The maximum Gasteiger partial charge on any atom is 0.129 e. The normalized spacial score (nSPS) is 11.3. The fourth-order valence-electron chi connectivity index (χ4n) is 3.90. The van der Waals surface area contributed by atoms with Crippen molar-refractivity contribution in [2.24, 2.45) is 0 Å². The summed E-state index contributed by atoms with van der Waals surface area (Å²) in [7, 11) is 1.96. The van der Waals surface area contributed by atoms with Crippen molar-refractivity contribution in [3.63, 3.8) is 0 Å². The van der Waals surface area contributed by atoms with Crippen molar-refractivity contribution in [1.29, 1.82) is 5.26 Å². The predicted molar refractivity (Wildman–Crippen MR) is 133 cm³/mol. The van der Waals surface area contributed by atoms with Crippen molar-refractivity contribution in [3.05, 3.63) is 83.8 Å². The third kappa shape index (κ3) is 5.00. The molecule has 2 heterocycles. The Hall–Kier alpha value is -3.82. The largest absolute Gasteiger partial charge is 0.370 e. The molecule has 0 bridgehead atoms. The number of para-hydroxylation sites is 1. The van der Waals surface area contributed by atoms with Gasteiger partial charge in [-0.2, -0.15) is 5.26 Å². The fourth-order valence-corrected chi connectivity index (χ4v) is 3.90. The van der Waals surface area contributed by atoms with Gasteiger partial charge in [-0.15, -0.1) is 0 Å². The Morgan fingerprint density at radius 2 is 1.79 bits per heavy atom. The monoisotopic (exact) mass is 436 g/mol. The van der Waals surface area contributed by atoms with Crippen molar-refractivity contribution < 1.29 is 0 Å². The Bertz CT molecular complexity index is 1290. The molecule has 166 valence electrons. The van der Waals surface area contributed by atoms with Crippen LogP contribution >= 0.6 is 0 Å². The topological polar surface area (TPSA) is 86.5 Å². The summed E-state index contributed by atoms with van der Waals surface area (Å²) in [5, 5.41) is 17.2. The SMILES string of the molecule is CNCc1ccnc2c(CCNc3cc(-c4ccc(C(C)(C)C#N)cc4)ncn3)cccc12. The number of anilines is 1.